The topological polar surface area (TPSA) is 114 Å². The molecule has 2 N–H and O–H groups in total. The molecule has 0 saturated carbocycles. The monoisotopic (exact) mass is 399 g/mol. The van der Waals surface area contributed by atoms with Crippen molar-refractivity contribution in [2.75, 3.05) is 45.4 Å². The van der Waals surface area contributed by atoms with E-state index in [4.69, 9.17) is 9.47 Å². The van der Waals surface area contributed by atoms with E-state index in [0.29, 0.717) is 49.7 Å². The van der Waals surface area contributed by atoms with E-state index >= 15 is 0 Å². The summed E-state index contributed by atoms with van der Waals surface area (Å²) in [7, 11) is -0.213. The lowest BCUT2D eigenvalue weighted by atomic mass is 9.98. The zero-order valence-corrected chi connectivity index (χ0v) is 16.5. The van der Waals surface area contributed by atoms with E-state index in [-0.39, 0.29) is 5.92 Å². The number of hydrogen-bond donors (Lipinski definition) is 2. The molecular formula is C17H25N3O6S. The quantitative estimate of drug-likeness (QED) is 0.671. The van der Waals surface area contributed by atoms with Crippen LogP contribution >= 0.6 is 0 Å². The third kappa shape index (κ3) is 5.83. The molecule has 0 aromatic heterocycles. The molecule has 0 unspecified atom stereocenters. The van der Waals surface area contributed by atoms with Crippen LogP contribution in [0.2, 0.25) is 0 Å². The van der Waals surface area contributed by atoms with E-state index in [1.165, 1.54) is 24.8 Å². The zero-order valence-electron chi connectivity index (χ0n) is 15.6. The van der Waals surface area contributed by atoms with Gasteiger partial charge in [0.25, 0.3) is 0 Å². The highest BCUT2D eigenvalue weighted by Crippen LogP contribution is 2.28. The summed E-state index contributed by atoms with van der Waals surface area (Å²) >= 11 is 0. The van der Waals surface area contributed by atoms with Gasteiger partial charge in [-0.3, -0.25) is 9.59 Å². The van der Waals surface area contributed by atoms with Gasteiger partial charge < -0.3 is 20.1 Å². The normalized spacial score (nSPS) is 15.8. The van der Waals surface area contributed by atoms with Gasteiger partial charge in [-0.2, -0.15) is 0 Å². The van der Waals surface area contributed by atoms with Crippen molar-refractivity contribution in [3.63, 3.8) is 0 Å². The molecule has 1 fully saturated rings. The van der Waals surface area contributed by atoms with Gasteiger partial charge in [-0.05, 0) is 30.9 Å². The summed E-state index contributed by atoms with van der Waals surface area (Å²) < 4.78 is 34.7. The Morgan fingerprint density at radius 1 is 1.15 bits per heavy atom. The number of benzene rings is 1. The van der Waals surface area contributed by atoms with Crippen molar-refractivity contribution < 1.29 is 27.5 Å². The molecule has 10 heteroatoms. The Morgan fingerprint density at radius 3 is 2.37 bits per heavy atom. The molecule has 9 nitrogen and oxygen atoms in total. The number of nitrogens with one attached hydrogen (secondary N) is 2. The lowest BCUT2D eigenvalue weighted by Crippen LogP contribution is -2.43. The molecule has 150 valence electrons. The third-order valence-corrected chi connectivity index (χ3v) is 5.76. The summed E-state index contributed by atoms with van der Waals surface area (Å²) in [6, 6.07) is 4.83. The molecule has 2 amide bonds. The summed E-state index contributed by atoms with van der Waals surface area (Å²) in [6.07, 6.45) is 2.47. The fourth-order valence-corrected chi connectivity index (χ4v) is 3.72. The molecule has 1 aromatic carbocycles. The molecule has 0 bridgehead atoms. The maximum atomic E-state index is 12.1. The predicted molar refractivity (Wildman–Crippen MR) is 100 cm³/mol. The Labute approximate surface area is 159 Å². The first-order valence-corrected chi connectivity index (χ1v) is 10.4. The minimum absolute atomic E-state index is 0.135. The van der Waals surface area contributed by atoms with Gasteiger partial charge in [0.05, 0.1) is 26.2 Å². The number of sulfonamides is 1. The summed E-state index contributed by atoms with van der Waals surface area (Å²) in [5.74, 6) is -0.473. The van der Waals surface area contributed by atoms with Crippen molar-refractivity contribution in [1.82, 2.24) is 9.62 Å². The number of carbonyl (C=O) groups is 2. The first-order chi connectivity index (χ1) is 12.7. The van der Waals surface area contributed by atoms with E-state index in [0.717, 1.165) is 0 Å². The number of ether oxygens (including phenoxy) is 2. The summed E-state index contributed by atoms with van der Waals surface area (Å²) in [6.45, 7) is 1.17. The minimum Gasteiger partial charge on any atom is -0.497 e. The number of anilines is 1. The van der Waals surface area contributed by atoms with E-state index < -0.39 is 21.8 Å². The average molecular weight is 399 g/mol. The van der Waals surface area contributed by atoms with Crippen LogP contribution in [-0.2, 0) is 19.6 Å². The van der Waals surface area contributed by atoms with Crippen molar-refractivity contribution in [2.45, 2.75) is 12.8 Å². The molecular weight excluding hydrogens is 374 g/mol. The molecule has 1 aliphatic rings. The highest BCUT2D eigenvalue weighted by Gasteiger charge is 2.25. The molecule has 1 heterocycles. The number of hydrogen-bond acceptors (Lipinski definition) is 6. The fourth-order valence-electron chi connectivity index (χ4n) is 2.84. The van der Waals surface area contributed by atoms with Gasteiger partial charge in [0.1, 0.15) is 11.5 Å². The van der Waals surface area contributed by atoms with E-state index in [9.17, 15) is 18.0 Å². The molecule has 0 atom stereocenters. The van der Waals surface area contributed by atoms with Crippen molar-refractivity contribution in [3.8, 4) is 11.5 Å². The Hall–Kier alpha value is -2.33. The van der Waals surface area contributed by atoms with Crippen LogP contribution in [0.3, 0.4) is 0 Å². The van der Waals surface area contributed by atoms with Gasteiger partial charge in [0.15, 0.2) is 0 Å². The summed E-state index contributed by atoms with van der Waals surface area (Å²) in [5, 5.41) is 5.11. The number of nitrogens with zero attached hydrogens (tertiary/aromatic N) is 1. The molecule has 1 aliphatic heterocycles. The van der Waals surface area contributed by atoms with Crippen LogP contribution < -0.4 is 20.1 Å². The van der Waals surface area contributed by atoms with Crippen molar-refractivity contribution in [1.29, 1.82) is 0 Å². The third-order valence-electron chi connectivity index (χ3n) is 4.46. The fraction of sp³-hybridized carbons (Fsp3) is 0.529. The first kappa shape index (κ1) is 21.0. The molecule has 0 spiro atoms. The minimum atomic E-state index is -3.18. The molecule has 1 aromatic rings. The average Bonchev–Trinajstić information content (AvgIpc) is 2.65. The van der Waals surface area contributed by atoms with E-state index in [1.54, 1.807) is 18.2 Å². The van der Waals surface area contributed by atoms with Gasteiger partial charge in [-0.15, -0.1) is 0 Å². The van der Waals surface area contributed by atoms with Gasteiger partial charge in [0.2, 0.25) is 10.0 Å². The Kier molecular flexibility index (Phi) is 7.03. The molecule has 27 heavy (non-hydrogen) atoms. The van der Waals surface area contributed by atoms with Crippen molar-refractivity contribution >= 4 is 27.5 Å². The van der Waals surface area contributed by atoms with Crippen LogP contribution in [-0.4, -0.2) is 64.6 Å². The second kappa shape index (κ2) is 9.05. The van der Waals surface area contributed by atoms with Crippen LogP contribution in [0.25, 0.3) is 0 Å². The van der Waals surface area contributed by atoms with Crippen molar-refractivity contribution in [2.24, 2.45) is 5.92 Å². The summed E-state index contributed by atoms with van der Waals surface area (Å²) in [5.41, 5.74) is 0.361. The Morgan fingerprint density at radius 2 is 1.81 bits per heavy atom. The summed E-state index contributed by atoms with van der Waals surface area (Å²) in [4.78, 5) is 24.1. The number of rotatable bonds is 6. The smallest absolute Gasteiger partial charge is 0.313 e. The largest absolute Gasteiger partial charge is 0.497 e. The highest BCUT2D eigenvalue weighted by molar-refractivity contribution is 7.88. The Balaban J connectivity index is 1.84. The standard InChI is InChI=1S/C17H25N3O6S/c1-25-13-4-5-14(15(10-13)26-2)19-17(22)16(21)18-11-12-6-8-20(9-7-12)27(3,23)24/h4-5,10,12H,6-9,11H2,1-3H3,(H,18,21)(H,19,22). The number of amides is 2. The lowest BCUT2D eigenvalue weighted by molar-refractivity contribution is -0.136. The van der Waals surface area contributed by atoms with Crippen LogP contribution in [0.15, 0.2) is 18.2 Å². The predicted octanol–water partition coefficient (Wildman–Crippen LogP) is 0.430. The van der Waals surface area contributed by atoms with Gasteiger partial charge in [0, 0.05) is 25.7 Å². The molecule has 0 radical (unpaired) electrons. The second-order valence-electron chi connectivity index (χ2n) is 6.34. The maximum absolute atomic E-state index is 12.1. The molecule has 1 saturated heterocycles. The van der Waals surface area contributed by atoms with Crippen molar-refractivity contribution in [3.05, 3.63) is 18.2 Å². The van der Waals surface area contributed by atoms with E-state index in [2.05, 4.69) is 10.6 Å². The van der Waals surface area contributed by atoms with Crippen LogP contribution in [0, 0.1) is 5.92 Å². The van der Waals surface area contributed by atoms with Crippen LogP contribution in [0.4, 0.5) is 5.69 Å². The molecule has 2 rings (SSSR count). The Bertz CT molecular complexity index is 788. The number of carbonyl (C=O) groups excluding carboxylic acids is 2. The number of methoxy groups -OCH3 is 2. The SMILES string of the molecule is COc1ccc(NC(=O)C(=O)NCC2CCN(S(C)(=O)=O)CC2)c(OC)c1. The van der Waals surface area contributed by atoms with Crippen LogP contribution in [0.1, 0.15) is 12.8 Å². The van der Waals surface area contributed by atoms with Crippen LogP contribution in [0.5, 0.6) is 11.5 Å². The first-order valence-electron chi connectivity index (χ1n) is 8.51. The van der Waals surface area contributed by atoms with Gasteiger partial charge in [-0.25, -0.2) is 12.7 Å². The highest BCUT2D eigenvalue weighted by atomic mass is 32.2. The van der Waals surface area contributed by atoms with E-state index in [1.807, 2.05) is 0 Å². The lowest BCUT2D eigenvalue weighted by Gasteiger charge is -2.30. The second-order valence-corrected chi connectivity index (χ2v) is 8.32. The number of piperidine rings is 1. The van der Waals surface area contributed by atoms with Gasteiger partial charge in [-0.1, -0.05) is 0 Å². The maximum Gasteiger partial charge on any atom is 0.313 e. The molecule has 0 aliphatic carbocycles. The van der Waals surface area contributed by atoms with Gasteiger partial charge >= 0.3 is 11.8 Å². The zero-order chi connectivity index (χ0) is 20.0.